The van der Waals surface area contributed by atoms with Crippen LogP contribution in [0.5, 0.6) is 0 Å². The lowest BCUT2D eigenvalue weighted by molar-refractivity contribution is 0.201. The minimum atomic E-state index is 0.497. The fourth-order valence-corrected chi connectivity index (χ4v) is 5.12. The molecule has 0 heteroatoms. The Labute approximate surface area is 200 Å². The van der Waals surface area contributed by atoms with Gasteiger partial charge < -0.3 is 0 Å². The molecule has 31 heavy (non-hydrogen) atoms. The van der Waals surface area contributed by atoms with Gasteiger partial charge in [-0.3, -0.25) is 0 Å². The molecule has 0 aliphatic heterocycles. The molecule has 0 N–H and O–H groups in total. The summed E-state index contributed by atoms with van der Waals surface area (Å²) in [4.78, 5) is 0. The minimum absolute atomic E-state index is 0.497. The number of rotatable bonds is 24. The fourth-order valence-electron chi connectivity index (χ4n) is 5.12. The van der Waals surface area contributed by atoms with E-state index in [0.29, 0.717) is 5.41 Å². The van der Waals surface area contributed by atoms with Crippen molar-refractivity contribution < 1.29 is 0 Å². The Balaban J connectivity index is 3.58. The predicted molar refractivity (Wildman–Crippen MR) is 145 cm³/mol. The molecule has 0 nitrogen and oxygen atoms in total. The zero-order chi connectivity index (χ0) is 23.0. The fraction of sp³-hybridized carbons (Fsp3) is 1.00. The molecule has 0 radical (unpaired) electrons. The molecule has 0 aromatic carbocycles. The van der Waals surface area contributed by atoms with E-state index in [2.05, 4.69) is 34.6 Å². The van der Waals surface area contributed by atoms with Crippen molar-refractivity contribution in [2.75, 3.05) is 0 Å². The molecule has 0 aliphatic carbocycles. The average Bonchev–Trinajstić information content (AvgIpc) is 2.73. The van der Waals surface area contributed by atoms with E-state index < -0.39 is 0 Å². The van der Waals surface area contributed by atoms with E-state index in [1.54, 1.807) is 0 Å². The number of unbranched alkanes of at least 4 members (excludes halogenated alkanes) is 20. The molecule has 0 unspecified atom stereocenters. The first-order chi connectivity index (χ1) is 15.0. The molecular formula is C31H64. The maximum atomic E-state index is 2.48. The highest BCUT2D eigenvalue weighted by molar-refractivity contribution is 4.74. The molecule has 0 saturated heterocycles. The Bertz CT molecular complexity index is 297. The van der Waals surface area contributed by atoms with Gasteiger partial charge in [-0.25, -0.2) is 0 Å². The summed E-state index contributed by atoms with van der Waals surface area (Å²) >= 11 is 0. The molecule has 0 atom stereocenters. The summed E-state index contributed by atoms with van der Waals surface area (Å²) in [5.41, 5.74) is 0.497. The standard InChI is InChI=1S/C31H64/c1-6-8-10-12-14-16-18-20-22-24-26-28-30(31(3,4)5)29-27-25-23-21-19-17-15-13-11-9-7-2/h30H,6-29H2,1-5H3. The van der Waals surface area contributed by atoms with Crippen LogP contribution in [0.4, 0.5) is 0 Å². The van der Waals surface area contributed by atoms with Crippen molar-refractivity contribution in [3.05, 3.63) is 0 Å². The first kappa shape index (κ1) is 31.0. The van der Waals surface area contributed by atoms with Crippen LogP contribution in [-0.4, -0.2) is 0 Å². The Morgan fingerprint density at radius 2 is 0.581 bits per heavy atom. The first-order valence-electron chi connectivity index (χ1n) is 15.0. The summed E-state index contributed by atoms with van der Waals surface area (Å²) in [6.07, 6.45) is 35.1. The lowest BCUT2D eigenvalue weighted by atomic mass is 9.75. The van der Waals surface area contributed by atoms with Crippen molar-refractivity contribution in [1.82, 2.24) is 0 Å². The second kappa shape index (κ2) is 23.2. The quantitative estimate of drug-likeness (QED) is 0.132. The largest absolute Gasteiger partial charge is 0.0654 e. The van der Waals surface area contributed by atoms with Crippen LogP contribution in [0.15, 0.2) is 0 Å². The van der Waals surface area contributed by atoms with Crippen LogP contribution in [0.3, 0.4) is 0 Å². The van der Waals surface area contributed by atoms with Gasteiger partial charge in [-0.2, -0.15) is 0 Å². The van der Waals surface area contributed by atoms with E-state index in [-0.39, 0.29) is 0 Å². The molecule has 0 fully saturated rings. The van der Waals surface area contributed by atoms with Gasteiger partial charge in [0.2, 0.25) is 0 Å². The maximum absolute atomic E-state index is 2.48. The van der Waals surface area contributed by atoms with Crippen LogP contribution in [0.1, 0.15) is 189 Å². The molecule has 0 aromatic heterocycles. The predicted octanol–water partition coefficient (Wildman–Crippen LogP) is 12.1. The van der Waals surface area contributed by atoms with Gasteiger partial charge in [0.25, 0.3) is 0 Å². The average molecular weight is 437 g/mol. The van der Waals surface area contributed by atoms with Gasteiger partial charge in [-0.15, -0.1) is 0 Å². The Morgan fingerprint density at radius 3 is 0.806 bits per heavy atom. The van der Waals surface area contributed by atoms with Gasteiger partial charge in [-0.05, 0) is 24.2 Å². The molecule has 0 aromatic rings. The Morgan fingerprint density at radius 1 is 0.355 bits per heavy atom. The van der Waals surface area contributed by atoms with Gasteiger partial charge in [-0.1, -0.05) is 176 Å². The van der Waals surface area contributed by atoms with Crippen LogP contribution in [0.25, 0.3) is 0 Å². The monoisotopic (exact) mass is 437 g/mol. The third-order valence-corrected chi connectivity index (χ3v) is 7.54. The van der Waals surface area contributed by atoms with E-state index >= 15 is 0 Å². The summed E-state index contributed by atoms with van der Waals surface area (Å²) in [6.45, 7) is 12.1. The summed E-state index contributed by atoms with van der Waals surface area (Å²) in [7, 11) is 0. The molecule has 0 heterocycles. The van der Waals surface area contributed by atoms with E-state index in [1.807, 2.05) is 0 Å². The van der Waals surface area contributed by atoms with Crippen molar-refractivity contribution >= 4 is 0 Å². The normalized spacial score (nSPS) is 12.2. The summed E-state index contributed by atoms with van der Waals surface area (Å²) < 4.78 is 0. The topological polar surface area (TPSA) is 0 Å². The van der Waals surface area contributed by atoms with Crippen LogP contribution < -0.4 is 0 Å². The zero-order valence-corrected chi connectivity index (χ0v) is 23.0. The highest BCUT2D eigenvalue weighted by atomic mass is 14.3. The Kier molecular flexibility index (Phi) is 23.2. The summed E-state index contributed by atoms with van der Waals surface area (Å²) in [5, 5.41) is 0. The lowest BCUT2D eigenvalue weighted by Gasteiger charge is -2.31. The van der Waals surface area contributed by atoms with Crippen molar-refractivity contribution in [3.63, 3.8) is 0 Å². The van der Waals surface area contributed by atoms with Crippen LogP contribution in [0, 0.1) is 11.3 Å². The lowest BCUT2D eigenvalue weighted by Crippen LogP contribution is -2.20. The molecular weight excluding hydrogens is 372 g/mol. The number of hydrogen-bond donors (Lipinski definition) is 0. The minimum Gasteiger partial charge on any atom is -0.0654 e. The van der Waals surface area contributed by atoms with Gasteiger partial charge in [0.15, 0.2) is 0 Å². The molecule has 188 valence electrons. The second-order valence-corrected chi connectivity index (χ2v) is 11.7. The van der Waals surface area contributed by atoms with E-state index in [1.165, 1.54) is 154 Å². The smallest absolute Gasteiger partial charge is 0.0354 e. The number of hydrogen-bond acceptors (Lipinski definition) is 0. The molecule has 0 bridgehead atoms. The van der Waals surface area contributed by atoms with Crippen molar-refractivity contribution in [2.24, 2.45) is 11.3 Å². The van der Waals surface area contributed by atoms with Crippen molar-refractivity contribution in [1.29, 1.82) is 0 Å². The van der Waals surface area contributed by atoms with Crippen LogP contribution in [0.2, 0.25) is 0 Å². The SMILES string of the molecule is CCCCCCCCCCCCCC(CCCCCCCCCCCCC)C(C)(C)C. The third-order valence-electron chi connectivity index (χ3n) is 7.54. The zero-order valence-electron chi connectivity index (χ0n) is 23.0. The van der Waals surface area contributed by atoms with Gasteiger partial charge >= 0.3 is 0 Å². The molecule has 0 amide bonds. The molecule has 0 spiro atoms. The second-order valence-electron chi connectivity index (χ2n) is 11.7. The van der Waals surface area contributed by atoms with Crippen LogP contribution >= 0.6 is 0 Å². The molecule has 0 saturated carbocycles. The molecule has 0 rings (SSSR count). The highest BCUT2D eigenvalue weighted by Gasteiger charge is 2.23. The van der Waals surface area contributed by atoms with Gasteiger partial charge in [0.05, 0.1) is 0 Å². The Hall–Kier alpha value is 0. The van der Waals surface area contributed by atoms with Crippen LogP contribution in [-0.2, 0) is 0 Å². The van der Waals surface area contributed by atoms with E-state index in [4.69, 9.17) is 0 Å². The third kappa shape index (κ3) is 23.0. The van der Waals surface area contributed by atoms with Gasteiger partial charge in [0, 0.05) is 0 Å². The summed E-state index contributed by atoms with van der Waals surface area (Å²) in [6, 6.07) is 0. The van der Waals surface area contributed by atoms with Crippen molar-refractivity contribution in [3.8, 4) is 0 Å². The van der Waals surface area contributed by atoms with E-state index in [9.17, 15) is 0 Å². The van der Waals surface area contributed by atoms with Crippen molar-refractivity contribution in [2.45, 2.75) is 189 Å². The molecule has 0 aliphatic rings. The summed E-state index contributed by atoms with van der Waals surface area (Å²) in [5.74, 6) is 0.935. The van der Waals surface area contributed by atoms with Gasteiger partial charge in [0.1, 0.15) is 0 Å². The first-order valence-corrected chi connectivity index (χ1v) is 15.0. The van der Waals surface area contributed by atoms with E-state index in [0.717, 1.165) is 5.92 Å². The highest BCUT2D eigenvalue weighted by Crippen LogP contribution is 2.34. The maximum Gasteiger partial charge on any atom is -0.0354 e.